The van der Waals surface area contributed by atoms with E-state index in [-0.39, 0.29) is 23.7 Å². The molecule has 0 aliphatic carbocycles. The van der Waals surface area contributed by atoms with Crippen molar-refractivity contribution in [2.24, 2.45) is 0 Å². The second kappa shape index (κ2) is 9.00. The van der Waals surface area contributed by atoms with Crippen LogP contribution in [0.25, 0.3) is 0 Å². The van der Waals surface area contributed by atoms with Gasteiger partial charge >= 0.3 is 0 Å². The molecule has 3 aromatic rings. The molecule has 164 valence electrons. The summed E-state index contributed by atoms with van der Waals surface area (Å²) in [5, 5.41) is 5.90. The van der Waals surface area contributed by atoms with Crippen molar-refractivity contribution in [2.45, 2.75) is 44.0 Å². The first-order chi connectivity index (χ1) is 15.3. The largest absolute Gasteiger partial charge is 0.325 e. The molecule has 0 saturated heterocycles. The van der Waals surface area contributed by atoms with Crippen LogP contribution in [0.3, 0.4) is 0 Å². The van der Waals surface area contributed by atoms with E-state index in [0.717, 1.165) is 16.7 Å². The molecule has 0 fully saturated rings. The Hall–Kier alpha value is -3.39. The van der Waals surface area contributed by atoms with Crippen LogP contribution >= 0.6 is 11.8 Å². The number of rotatable bonds is 5. The number of amides is 2. The van der Waals surface area contributed by atoms with Crippen molar-refractivity contribution >= 4 is 35.1 Å². The molecule has 3 N–H and O–H groups in total. The fourth-order valence-corrected chi connectivity index (χ4v) is 4.47. The summed E-state index contributed by atoms with van der Waals surface area (Å²) in [6.07, 6.45) is -0.107. The second-order valence-corrected chi connectivity index (χ2v) is 8.98. The van der Waals surface area contributed by atoms with Gasteiger partial charge in [-0.1, -0.05) is 59.3 Å². The molecule has 0 saturated carbocycles. The fourth-order valence-electron chi connectivity index (χ4n) is 3.65. The molecule has 2 aromatic carbocycles. The Morgan fingerprint density at radius 2 is 1.81 bits per heavy atom. The Balaban J connectivity index is 1.57. The number of H-pyrrole nitrogens is 1. The molecule has 0 spiro atoms. The van der Waals surface area contributed by atoms with E-state index in [1.807, 2.05) is 63.2 Å². The standard InChI is InChI=1S/C24H24N4O3S/c1-13-4-7-16(8-5-13)12-32-24-27-21-20(23(31)28-24)17(11-19(29)26-21)22(30)25-18-9-6-14(2)10-15(18)3/h4-10,17H,11-12H2,1-3H3,(H,25,30)(H2,26,27,28,29,31)/t17-/m0/s1. The van der Waals surface area contributed by atoms with Gasteiger partial charge in [0.15, 0.2) is 5.16 Å². The molecule has 1 aliphatic heterocycles. The molecule has 4 rings (SSSR count). The Bertz CT molecular complexity index is 1250. The van der Waals surface area contributed by atoms with Gasteiger partial charge in [-0.25, -0.2) is 4.98 Å². The SMILES string of the molecule is Cc1ccc(CSc2nc3c(c(=O)[nH]2)[C@@H](C(=O)Nc2ccc(C)cc2C)CC(=O)N3)cc1. The molecule has 0 unspecified atom stereocenters. The number of carbonyl (C=O) groups excluding carboxylic acids is 2. The van der Waals surface area contributed by atoms with Gasteiger partial charge in [-0.2, -0.15) is 0 Å². The molecule has 1 aliphatic rings. The van der Waals surface area contributed by atoms with Crippen molar-refractivity contribution in [1.29, 1.82) is 0 Å². The van der Waals surface area contributed by atoms with Gasteiger partial charge in [-0.15, -0.1) is 0 Å². The molecule has 2 heterocycles. The number of nitrogens with zero attached hydrogens (tertiary/aromatic N) is 1. The number of hydrogen-bond donors (Lipinski definition) is 3. The highest BCUT2D eigenvalue weighted by Gasteiger charge is 2.35. The number of anilines is 2. The zero-order valence-corrected chi connectivity index (χ0v) is 18.9. The zero-order valence-electron chi connectivity index (χ0n) is 18.1. The molecule has 0 radical (unpaired) electrons. The molecule has 1 aromatic heterocycles. The van der Waals surface area contributed by atoms with E-state index >= 15 is 0 Å². The second-order valence-electron chi connectivity index (χ2n) is 8.02. The number of benzene rings is 2. The minimum atomic E-state index is -0.910. The van der Waals surface area contributed by atoms with Crippen molar-refractivity contribution in [2.75, 3.05) is 10.6 Å². The number of aryl methyl sites for hydroxylation is 3. The number of hydrogen-bond acceptors (Lipinski definition) is 5. The van der Waals surface area contributed by atoms with Crippen LogP contribution in [0.15, 0.2) is 52.4 Å². The highest BCUT2D eigenvalue weighted by atomic mass is 32.2. The number of aromatic nitrogens is 2. The maximum absolute atomic E-state index is 13.0. The summed E-state index contributed by atoms with van der Waals surface area (Å²) >= 11 is 1.36. The summed E-state index contributed by atoms with van der Waals surface area (Å²) in [5.74, 6) is -0.887. The summed E-state index contributed by atoms with van der Waals surface area (Å²) < 4.78 is 0. The van der Waals surface area contributed by atoms with E-state index in [4.69, 9.17) is 0 Å². The molecule has 8 heteroatoms. The summed E-state index contributed by atoms with van der Waals surface area (Å²) in [5.41, 5.74) is 4.69. The Morgan fingerprint density at radius 1 is 1.09 bits per heavy atom. The van der Waals surface area contributed by atoms with Crippen LogP contribution in [0.1, 0.15) is 40.2 Å². The van der Waals surface area contributed by atoms with E-state index in [1.54, 1.807) is 0 Å². The predicted molar refractivity (Wildman–Crippen MR) is 126 cm³/mol. The minimum Gasteiger partial charge on any atom is -0.325 e. The average Bonchev–Trinajstić information content (AvgIpc) is 2.74. The smallest absolute Gasteiger partial charge is 0.257 e. The summed E-state index contributed by atoms with van der Waals surface area (Å²) in [6, 6.07) is 13.8. The van der Waals surface area contributed by atoms with Crippen molar-refractivity contribution in [1.82, 2.24) is 9.97 Å². The molecular weight excluding hydrogens is 424 g/mol. The van der Waals surface area contributed by atoms with Crippen LogP contribution in [-0.4, -0.2) is 21.8 Å². The van der Waals surface area contributed by atoms with Gasteiger partial charge in [0.05, 0.1) is 11.5 Å². The van der Waals surface area contributed by atoms with E-state index in [2.05, 4.69) is 20.6 Å². The fraction of sp³-hybridized carbons (Fsp3) is 0.250. The van der Waals surface area contributed by atoms with Crippen molar-refractivity contribution in [3.63, 3.8) is 0 Å². The number of aromatic amines is 1. The lowest BCUT2D eigenvalue weighted by atomic mass is 9.92. The minimum absolute atomic E-state index is 0.107. The van der Waals surface area contributed by atoms with Crippen molar-refractivity contribution in [3.8, 4) is 0 Å². The van der Waals surface area contributed by atoms with Crippen molar-refractivity contribution in [3.05, 3.63) is 80.6 Å². The first-order valence-corrected chi connectivity index (χ1v) is 11.3. The maximum atomic E-state index is 13.0. The van der Waals surface area contributed by atoms with Gasteiger partial charge in [-0.05, 0) is 38.0 Å². The molecule has 32 heavy (non-hydrogen) atoms. The van der Waals surface area contributed by atoms with E-state index < -0.39 is 17.4 Å². The quantitative estimate of drug-likeness (QED) is 0.403. The third-order valence-corrected chi connectivity index (χ3v) is 6.33. The maximum Gasteiger partial charge on any atom is 0.257 e. The number of carbonyl (C=O) groups is 2. The van der Waals surface area contributed by atoms with Gasteiger partial charge in [0.25, 0.3) is 5.56 Å². The van der Waals surface area contributed by atoms with Crippen LogP contribution in [0.5, 0.6) is 0 Å². The van der Waals surface area contributed by atoms with Crippen LogP contribution in [0, 0.1) is 20.8 Å². The highest BCUT2D eigenvalue weighted by molar-refractivity contribution is 7.98. The first-order valence-electron chi connectivity index (χ1n) is 10.3. The van der Waals surface area contributed by atoms with Gasteiger partial charge in [0.1, 0.15) is 5.82 Å². The van der Waals surface area contributed by atoms with Gasteiger partial charge in [0, 0.05) is 17.9 Å². The zero-order chi connectivity index (χ0) is 22.8. The molecular formula is C24H24N4O3S. The number of thioether (sulfide) groups is 1. The van der Waals surface area contributed by atoms with E-state index in [1.165, 1.54) is 17.3 Å². The normalized spacial score (nSPS) is 15.1. The van der Waals surface area contributed by atoms with Crippen LogP contribution in [-0.2, 0) is 15.3 Å². The molecule has 0 bridgehead atoms. The van der Waals surface area contributed by atoms with E-state index in [9.17, 15) is 14.4 Å². The molecule has 7 nitrogen and oxygen atoms in total. The van der Waals surface area contributed by atoms with E-state index in [0.29, 0.717) is 16.6 Å². The van der Waals surface area contributed by atoms with Crippen LogP contribution in [0.2, 0.25) is 0 Å². The third kappa shape index (κ3) is 4.75. The topological polar surface area (TPSA) is 104 Å². The first kappa shape index (κ1) is 21.8. The summed E-state index contributed by atoms with van der Waals surface area (Å²) in [7, 11) is 0. The predicted octanol–water partition coefficient (Wildman–Crippen LogP) is 4.05. The van der Waals surface area contributed by atoms with Gasteiger partial charge in [-0.3, -0.25) is 14.4 Å². The summed E-state index contributed by atoms with van der Waals surface area (Å²) in [6.45, 7) is 5.89. The lowest BCUT2D eigenvalue weighted by Crippen LogP contribution is -2.36. The Morgan fingerprint density at radius 3 is 2.53 bits per heavy atom. The van der Waals surface area contributed by atoms with Crippen LogP contribution < -0.4 is 16.2 Å². The van der Waals surface area contributed by atoms with Gasteiger partial charge in [0.2, 0.25) is 11.8 Å². The highest BCUT2D eigenvalue weighted by Crippen LogP contribution is 2.31. The Kier molecular flexibility index (Phi) is 6.14. The monoisotopic (exact) mass is 448 g/mol. The Labute approximate surface area is 190 Å². The summed E-state index contributed by atoms with van der Waals surface area (Å²) in [4.78, 5) is 45.4. The van der Waals surface area contributed by atoms with Crippen LogP contribution in [0.4, 0.5) is 11.5 Å². The van der Waals surface area contributed by atoms with Crippen molar-refractivity contribution < 1.29 is 9.59 Å². The number of fused-ring (bicyclic) bond motifs is 1. The molecule has 1 atom stereocenters. The lowest BCUT2D eigenvalue weighted by molar-refractivity contribution is -0.123. The lowest BCUT2D eigenvalue weighted by Gasteiger charge is -2.24. The van der Waals surface area contributed by atoms with Gasteiger partial charge < -0.3 is 15.6 Å². The third-order valence-electron chi connectivity index (χ3n) is 5.38. The average molecular weight is 449 g/mol. The molecule has 2 amide bonds. The number of nitrogens with one attached hydrogen (secondary N) is 3.